The van der Waals surface area contributed by atoms with Crippen molar-refractivity contribution < 1.29 is 18.9 Å². The van der Waals surface area contributed by atoms with Crippen LogP contribution < -0.4 is 5.32 Å². The predicted molar refractivity (Wildman–Crippen MR) is 74.5 cm³/mol. The highest BCUT2D eigenvalue weighted by Gasteiger charge is 2.42. The number of ether oxygens (including phenoxy) is 4. The fraction of sp³-hybridized carbons (Fsp3) is 1.00. The minimum atomic E-state index is 0.133. The van der Waals surface area contributed by atoms with Crippen LogP contribution in [-0.2, 0) is 18.9 Å². The lowest BCUT2D eigenvalue weighted by molar-refractivity contribution is -0.158. The number of methoxy groups -OCH3 is 1. The third-order valence-corrected chi connectivity index (χ3v) is 3.18. The van der Waals surface area contributed by atoms with Crippen LogP contribution in [0.5, 0.6) is 0 Å². The molecule has 114 valence electrons. The first-order chi connectivity index (χ1) is 9.19. The average Bonchev–Trinajstić information content (AvgIpc) is 2.36. The molecule has 0 radical (unpaired) electrons. The van der Waals surface area contributed by atoms with E-state index in [2.05, 4.69) is 12.2 Å². The molecule has 3 unspecified atom stereocenters. The van der Waals surface area contributed by atoms with Gasteiger partial charge >= 0.3 is 0 Å². The number of nitrogens with one attached hydrogen (secondary N) is 1. The second kappa shape index (κ2) is 9.66. The summed E-state index contributed by atoms with van der Waals surface area (Å²) >= 11 is 0. The molecule has 1 fully saturated rings. The van der Waals surface area contributed by atoms with Gasteiger partial charge in [0.05, 0.1) is 44.7 Å². The van der Waals surface area contributed by atoms with Crippen molar-refractivity contribution in [2.24, 2.45) is 0 Å². The third kappa shape index (κ3) is 6.19. The molecular formula is C14H29NO4. The zero-order chi connectivity index (χ0) is 14.1. The zero-order valence-electron chi connectivity index (χ0n) is 12.7. The van der Waals surface area contributed by atoms with Gasteiger partial charge in [-0.3, -0.25) is 0 Å². The van der Waals surface area contributed by atoms with Gasteiger partial charge in [0.15, 0.2) is 0 Å². The Hall–Kier alpha value is -0.200. The number of rotatable bonds is 11. The van der Waals surface area contributed by atoms with Crippen LogP contribution in [0, 0.1) is 0 Å². The van der Waals surface area contributed by atoms with E-state index in [0.29, 0.717) is 32.5 Å². The maximum atomic E-state index is 5.82. The summed E-state index contributed by atoms with van der Waals surface area (Å²) in [5.74, 6) is 0. The van der Waals surface area contributed by atoms with Gasteiger partial charge in [-0.2, -0.15) is 0 Å². The molecule has 5 nitrogen and oxygen atoms in total. The van der Waals surface area contributed by atoms with Gasteiger partial charge in [0.2, 0.25) is 0 Å². The maximum Gasteiger partial charge on any atom is 0.0991 e. The Morgan fingerprint density at radius 3 is 2.47 bits per heavy atom. The molecule has 1 aliphatic carbocycles. The Bertz CT molecular complexity index is 225. The quantitative estimate of drug-likeness (QED) is 0.574. The van der Waals surface area contributed by atoms with Gasteiger partial charge in [0.1, 0.15) is 0 Å². The van der Waals surface area contributed by atoms with E-state index in [4.69, 9.17) is 18.9 Å². The Morgan fingerprint density at radius 2 is 1.84 bits per heavy atom. The Morgan fingerprint density at radius 1 is 1.11 bits per heavy atom. The highest BCUT2D eigenvalue weighted by Crippen LogP contribution is 2.27. The van der Waals surface area contributed by atoms with E-state index >= 15 is 0 Å². The number of hydrogen-bond donors (Lipinski definition) is 1. The maximum absolute atomic E-state index is 5.82. The first-order valence-electron chi connectivity index (χ1n) is 7.26. The second-order valence-corrected chi connectivity index (χ2v) is 5.06. The molecule has 0 aliphatic heterocycles. The molecule has 3 atom stereocenters. The Labute approximate surface area is 116 Å². The van der Waals surface area contributed by atoms with Crippen molar-refractivity contribution in [1.82, 2.24) is 5.32 Å². The van der Waals surface area contributed by atoms with Crippen molar-refractivity contribution in [3.05, 3.63) is 0 Å². The minimum absolute atomic E-state index is 0.133. The molecule has 1 aliphatic rings. The monoisotopic (exact) mass is 275 g/mol. The molecule has 1 saturated carbocycles. The van der Waals surface area contributed by atoms with Gasteiger partial charge in [-0.1, -0.05) is 6.92 Å². The fourth-order valence-electron chi connectivity index (χ4n) is 2.18. The standard InChI is InChI=1S/C14H29NO4/c1-5-15-12-10-13(14(12)19-7-6-16-4)18-9-8-17-11(2)3/h11-15H,5-10H2,1-4H3. The summed E-state index contributed by atoms with van der Waals surface area (Å²) in [6, 6.07) is 0.401. The van der Waals surface area contributed by atoms with Crippen LogP contribution in [0.4, 0.5) is 0 Å². The molecule has 0 aromatic carbocycles. The minimum Gasteiger partial charge on any atom is -0.382 e. The highest BCUT2D eigenvalue weighted by atomic mass is 16.6. The number of hydrogen-bond acceptors (Lipinski definition) is 5. The molecule has 1 rings (SSSR count). The lowest BCUT2D eigenvalue weighted by atomic mass is 9.85. The van der Waals surface area contributed by atoms with Crippen LogP contribution >= 0.6 is 0 Å². The Balaban J connectivity index is 2.20. The van der Waals surface area contributed by atoms with E-state index in [1.807, 2.05) is 13.8 Å². The summed E-state index contributed by atoms with van der Waals surface area (Å²) in [4.78, 5) is 0. The SMILES string of the molecule is CCNC1CC(OCCOC(C)C)C1OCCOC. The van der Waals surface area contributed by atoms with E-state index in [9.17, 15) is 0 Å². The van der Waals surface area contributed by atoms with E-state index in [-0.39, 0.29) is 18.3 Å². The fourth-order valence-corrected chi connectivity index (χ4v) is 2.18. The van der Waals surface area contributed by atoms with Crippen LogP contribution in [0.15, 0.2) is 0 Å². The summed E-state index contributed by atoms with van der Waals surface area (Å²) in [6.45, 7) is 9.64. The molecule has 0 spiro atoms. The van der Waals surface area contributed by atoms with Crippen molar-refractivity contribution in [2.75, 3.05) is 40.1 Å². The van der Waals surface area contributed by atoms with Crippen LogP contribution in [0.2, 0.25) is 0 Å². The molecule has 1 N–H and O–H groups in total. The van der Waals surface area contributed by atoms with E-state index in [1.54, 1.807) is 7.11 Å². The van der Waals surface area contributed by atoms with Gasteiger partial charge in [-0.25, -0.2) is 0 Å². The number of likely N-dealkylation sites (N-methyl/N-ethyl adjacent to an activating group) is 1. The predicted octanol–water partition coefficient (Wildman–Crippen LogP) is 1.21. The van der Waals surface area contributed by atoms with Crippen LogP contribution in [0.1, 0.15) is 27.2 Å². The van der Waals surface area contributed by atoms with E-state index in [1.165, 1.54) is 0 Å². The molecule has 0 aromatic rings. The van der Waals surface area contributed by atoms with Crippen molar-refractivity contribution in [2.45, 2.75) is 51.5 Å². The summed E-state index contributed by atoms with van der Waals surface area (Å²) in [6.07, 6.45) is 1.58. The normalized spacial score (nSPS) is 26.7. The first kappa shape index (κ1) is 16.9. The highest BCUT2D eigenvalue weighted by molar-refractivity contribution is 4.97. The van der Waals surface area contributed by atoms with Crippen molar-refractivity contribution in [3.8, 4) is 0 Å². The van der Waals surface area contributed by atoms with E-state index < -0.39 is 0 Å². The van der Waals surface area contributed by atoms with E-state index in [0.717, 1.165) is 13.0 Å². The van der Waals surface area contributed by atoms with Gasteiger partial charge in [-0.05, 0) is 26.8 Å². The van der Waals surface area contributed by atoms with Gasteiger partial charge < -0.3 is 24.3 Å². The van der Waals surface area contributed by atoms with Gasteiger partial charge in [-0.15, -0.1) is 0 Å². The van der Waals surface area contributed by atoms with Gasteiger partial charge in [0.25, 0.3) is 0 Å². The topological polar surface area (TPSA) is 49.0 Å². The summed E-state index contributed by atoms with van der Waals surface area (Å²) in [5.41, 5.74) is 0. The molecule has 19 heavy (non-hydrogen) atoms. The molecule has 0 heterocycles. The summed E-state index contributed by atoms with van der Waals surface area (Å²) < 4.78 is 22.1. The molecule has 0 aromatic heterocycles. The Kier molecular flexibility index (Phi) is 8.57. The first-order valence-corrected chi connectivity index (χ1v) is 7.26. The van der Waals surface area contributed by atoms with Crippen LogP contribution in [0.3, 0.4) is 0 Å². The van der Waals surface area contributed by atoms with Crippen molar-refractivity contribution in [3.63, 3.8) is 0 Å². The zero-order valence-corrected chi connectivity index (χ0v) is 12.7. The lowest BCUT2D eigenvalue weighted by Gasteiger charge is -2.44. The van der Waals surface area contributed by atoms with Crippen LogP contribution in [-0.4, -0.2) is 64.4 Å². The molecule has 0 saturated heterocycles. The largest absolute Gasteiger partial charge is 0.382 e. The lowest BCUT2D eigenvalue weighted by Crippen LogP contribution is -2.60. The second-order valence-electron chi connectivity index (χ2n) is 5.06. The molecule has 0 amide bonds. The molecule has 0 bridgehead atoms. The average molecular weight is 275 g/mol. The molecule has 5 heteroatoms. The van der Waals surface area contributed by atoms with Gasteiger partial charge in [0, 0.05) is 13.2 Å². The summed E-state index contributed by atoms with van der Waals surface area (Å²) in [7, 11) is 1.68. The third-order valence-electron chi connectivity index (χ3n) is 3.18. The van der Waals surface area contributed by atoms with Crippen molar-refractivity contribution in [1.29, 1.82) is 0 Å². The summed E-state index contributed by atoms with van der Waals surface area (Å²) in [5, 5.41) is 3.42. The molecular weight excluding hydrogens is 246 g/mol. The van der Waals surface area contributed by atoms with Crippen LogP contribution in [0.25, 0.3) is 0 Å². The smallest absolute Gasteiger partial charge is 0.0991 e. The van der Waals surface area contributed by atoms with Crippen molar-refractivity contribution >= 4 is 0 Å².